The number of nitrogens with one attached hydrogen (secondary N) is 1. The molecule has 0 aromatic carbocycles. The predicted molar refractivity (Wildman–Crippen MR) is 58.3 cm³/mol. The Kier molecular flexibility index (Phi) is 3.97. The molecule has 86 valence electrons. The molecule has 15 heavy (non-hydrogen) atoms. The molecule has 1 N–H and O–H groups in total. The van der Waals surface area contributed by atoms with Crippen molar-refractivity contribution in [2.45, 2.75) is 31.8 Å². The standard InChI is InChI=1S/C11H20N2O2/c12-11(13-4-7-14-8-5-13)9-10-3-1-2-6-15-10/h10,12H,1-9H2. The molecule has 0 amide bonds. The van der Waals surface area contributed by atoms with Crippen molar-refractivity contribution in [1.82, 2.24) is 4.90 Å². The Morgan fingerprint density at radius 2 is 2.00 bits per heavy atom. The van der Waals surface area contributed by atoms with Gasteiger partial charge in [-0.15, -0.1) is 0 Å². The second-order valence-electron chi connectivity index (χ2n) is 4.24. The summed E-state index contributed by atoms with van der Waals surface area (Å²) >= 11 is 0. The lowest BCUT2D eigenvalue weighted by molar-refractivity contribution is 0.0167. The number of rotatable bonds is 2. The Morgan fingerprint density at radius 3 is 2.67 bits per heavy atom. The lowest BCUT2D eigenvalue weighted by atomic mass is 10.1. The van der Waals surface area contributed by atoms with E-state index in [1.165, 1.54) is 12.8 Å². The van der Waals surface area contributed by atoms with Crippen LogP contribution in [0.15, 0.2) is 0 Å². The molecular formula is C11H20N2O2. The maximum atomic E-state index is 8.01. The second-order valence-corrected chi connectivity index (χ2v) is 4.24. The maximum absolute atomic E-state index is 8.01. The van der Waals surface area contributed by atoms with Crippen molar-refractivity contribution in [3.63, 3.8) is 0 Å². The highest BCUT2D eigenvalue weighted by atomic mass is 16.5. The zero-order valence-corrected chi connectivity index (χ0v) is 9.21. The van der Waals surface area contributed by atoms with Gasteiger partial charge in [0.25, 0.3) is 0 Å². The monoisotopic (exact) mass is 212 g/mol. The summed E-state index contributed by atoms with van der Waals surface area (Å²) in [5.74, 6) is 0.727. The van der Waals surface area contributed by atoms with Gasteiger partial charge in [-0.05, 0) is 19.3 Å². The van der Waals surface area contributed by atoms with Gasteiger partial charge < -0.3 is 14.4 Å². The highest BCUT2D eigenvalue weighted by molar-refractivity contribution is 5.79. The zero-order chi connectivity index (χ0) is 10.5. The first kappa shape index (κ1) is 10.9. The van der Waals surface area contributed by atoms with E-state index in [-0.39, 0.29) is 6.10 Å². The van der Waals surface area contributed by atoms with E-state index < -0.39 is 0 Å². The summed E-state index contributed by atoms with van der Waals surface area (Å²) in [5, 5.41) is 8.01. The zero-order valence-electron chi connectivity index (χ0n) is 9.21. The van der Waals surface area contributed by atoms with Gasteiger partial charge in [0.2, 0.25) is 0 Å². The molecule has 0 aromatic rings. The van der Waals surface area contributed by atoms with Gasteiger partial charge in [-0.25, -0.2) is 0 Å². The molecule has 0 spiro atoms. The molecule has 2 rings (SSSR count). The molecule has 2 heterocycles. The van der Waals surface area contributed by atoms with Crippen molar-refractivity contribution >= 4 is 5.84 Å². The van der Waals surface area contributed by atoms with Crippen LogP contribution >= 0.6 is 0 Å². The van der Waals surface area contributed by atoms with Crippen molar-refractivity contribution < 1.29 is 9.47 Å². The Bertz CT molecular complexity index is 209. The first-order chi connectivity index (χ1) is 7.36. The van der Waals surface area contributed by atoms with Gasteiger partial charge in [-0.2, -0.15) is 0 Å². The number of hydrogen-bond donors (Lipinski definition) is 1. The average molecular weight is 212 g/mol. The molecule has 4 nitrogen and oxygen atoms in total. The molecule has 0 radical (unpaired) electrons. The minimum atomic E-state index is 0.286. The first-order valence-electron chi connectivity index (χ1n) is 5.88. The van der Waals surface area contributed by atoms with E-state index in [0.29, 0.717) is 0 Å². The van der Waals surface area contributed by atoms with E-state index in [1.54, 1.807) is 0 Å². The average Bonchev–Trinajstić information content (AvgIpc) is 2.31. The number of nitrogens with zero attached hydrogens (tertiary/aromatic N) is 1. The minimum absolute atomic E-state index is 0.286. The molecular weight excluding hydrogens is 192 g/mol. The van der Waals surface area contributed by atoms with Gasteiger partial charge in [0.1, 0.15) is 0 Å². The smallest absolute Gasteiger partial charge is 0.0985 e. The molecule has 2 saturated heterocycles. The van der Waals surface area contributed by atoms with Crippen molar-refractivity contribution in [3.8, 4) is 0 Å². The molecule has 0 saturated carbocycles. The van der Waals surface area contributed by atoms with Crippen LogP contribution < -0.4 is 0 Å². The summed E-state index contributed by atoms with van der Waals surface area (Å²) < 4.78 is 10.9. The van der Waals surface area contributed by atoms with E-state index in [4.69, 9.17) is 14.9 Å². The highest BCUT2D eigenvalue weighted by Gasteiger charge is 2.20. The molecule has 2 fully saturated rings. The van der Waals surface area contributed by atoms with E-state index >= 15 is 0 Å². The fraction of sp³-hybridized carbons (Fsp3) is 0.909. The Morgan fingerprint density at radius 1 is 1.20 bits per heavy atom. The van der Waals surface area contributed by atoms with Crippen molar-refractivity contribution in [2.24, 2.45) is 0 Å². The quantitative estimate of drug-likeness (QED) is 0.553. The van der Waals surface area contributed by atoms with Crippen LogP contribution in [0.4, 0.5) is 0 Å². The second kappa shape index (κ2) is 5.47. The normalized spacial score (nSPS) is 27.7. The molecule has 0 aliphatic carbocycles. The van der Waals surface area contributed by atoms with Crippen LogP contribution in [0, 0.1) is 5.41 Å². The third kappa shape index (κ3) is 3.18. The van der Waals surface area contributed by atoms with E-state index in [9.17, 15) is 0 Å². The van der Waals surface area contributed by atoms with Gasteiger partial charge in [0.15, 0.2) is 0 Å². The van der Waals surface area contributed by atoms with Gasteiger partial charge in [-0.1, -0.05) is 0 Å². The Balaban J connectivity index is 1.74. The summed E-state index contributed by atoms with van der Waals surface area (Å²) in [4.78, 5) is 2.11. The summed E-state index contributed by atoms with van der Waals surface area (Å²) in [6.45, 7) is 4.12. The van der Waals surface area contributed by atoms with Crippen LogP contribution in [0.25, 0.3) is 0 Å². The summed E-state index contributed by atoms with van der Waals surface area (Å²) in [6.07, 6.45) is 4.61. The minimum Gasteiger partial charge on any atom is -0.378 e. The van der Waals surface area contributed by atoms with Crippen LogP contribution in [0.3, 0.4) is 0 Å². The van der Waals surface area contributed by atoms with Crippen LogP contribution in [-0.4, -0.2) is 49.7 Å². The first-order valence-corrected chi connectivity index (χ1v) is 5.88. The molecule has 0 aromatic heterocycles. The van der Waals surface area contributed by atoms with Gasteiger partial charge >= 0.3 is 0 Å². The Hall–Kier alpha value is -0.610. The van der Waals surface area contributed by atoms with E-state index in [2.05, 4.69) is 4.90 Å². The number of morpholine rings is 1. The molecule has 2 aliphatic rings. The third-order valence-corrected chi connectivity index (χ3v) is 3.09. The van der Waals surface area contributed by atoms with Gasteiger partial charge in [0.05, 0.1) is 25.2 Å². The fourth-order valence-electron chi connectivity index (χ4n) is 2.15. The lowest BCUT2D eigenvalue weighted by Crippen LogP contribution is -2.42. The molecule has 2 aliphatic heterocycles. The van der Waals surface area contributed by atoms with Crippen molar-refractivity contribution in [1.29, 1.82) is 5.41 Å². The Labute approximate surface area is 91.0 Å². The third-order valence-electron chi connectivity index (χ3n) is 3.09. The van der Waals surface area contributed by atoms with Crippen LogP contribution in [0.5, 0.6) is 0 Å². The fourth-order valence-corrected chi connectivity index (χ4v) is 2.15. The molecule has 1 unspecified atom stereocenters. The van der Waals surface area contributed by atoms with Gasteiger partial charge in [-0.3, -0.25) is 5.41 Å². The van der Waals surface area contributed by atoms with Crippen LogP contribution in [0.1, 0.15) is 25.7 Å². The molecule has 4 heteroatoms. The van der Waals surface area contributed by atoms with Crippen LogP contribution in [0.2, 0.25) is 0 Å². The number of hydrogen-bond acceptors (Lipinski definition) is 3. The SMILES string of the molecule is N=C(CC1CCCCO1)N1CCOCC1. The highest BCUT2D eigenvalue weighted by Crippen LogP contribution is 2.17. The summed E-state index contributed by atoms with van der Waals surface area (Å²) in [7, 11) is 0. The maximum Gasteiger partial charge on any atom is 0.0985 e. The van der Waals surface area contributed by atoms with Crippen molar-refractivity contribution in [2.75, 3.05) is 32.9 Å². The summed E-state index contributed by atoms with van der Waals surface area (Å²) in [5.41, 5.74) is 0. The van der Waals surface area contributed by atoms with Crippen molar-refractivity contribution in [3.05, 3.63) is 0 Å². The lowest BCUT2D eigenvalue weighted by Gasteiger charge is -2.31. The van der Waals surface area contributed by atoms with Crippen LogP contribution in [-0.2, 0) is 9.47 Å². The summed E-state index contributed by atoms with van der Waals surface area (Å²) in [6, 6.07) is 0. The number of amidine groups is 1. The molecule has 0 bridgehead atoms. The predicted octanol–water partition coefficient (Wildman–Crippen LogP) is 1.26. The number of ether oxygens (including phenoxy) is 2. The van der Waals surface area contributed by atoms with E-state index in [0.717, 1.165) is 51.6 Å². The van der Waals surface area contributed by atoms with Gasteiger partial charge in [0, 0.05) is 26.1 Å². The topological polar surface area (TPSA) is 45.5 Å². The van der Waals surface area contributed by atoms with E-state index in [1.807, 2.05) is 0 Å². The largest absolute Gasteiger partial charge is 0.378 e. The molecule has 1 atom stereocenters.